The fourth-order valence-corrected chi connectivity index (χ4v) is 2.35. The van der Waals surface area contributed by atoms with E-state index in [1.54, 1.807) is 0 Å². The van der Waals surface area contributed by atoms with Crippen LogP contribution >= 0.6 is 0 Å². The van der Waals surface area contributed by atoms with E-state index in [1.165, 1.54) is 18.5 Å². The minimum atomic E-state index is 0.553. The van der Waals surface area contributed by atoms with E-state index in [4.69, 9.17) is 0 Å². The highest BCUT2D eigenvalue weighted by molar-refractivity contribution is 5.45. The zero-order valence-corrected chi connectivity index (χ0v) is 10.2. The highest BCUT2D eigenvalue weighted by Gasteiger charge is 2.24. The van der Waals surface area contributed by atoms with Crippen LogP contribution in [0.25, 0.3) is 0 Å². The van der Waals surface area contributed by atoms with Crippen LogP contribution in [0.15, 0.2) is 24.5 Å². The highest BCUT2D eigenvalue weighted by Crippen LogP contribution is 2.19. The van der Waals surface area contributed by atoms with Crippen molar-refractivity contribution in [2.24, 2.45) is 0 Å². The van der Waals surface area contributed by atoms with Gasteiger partial charge in [0, 0.05) is 31.4 Å². The molecule has 1 aliphatic rings. The maximum Gasteiger partial charge on any atom is 0.0556 e. The van der Waals surface area contributed by atoms with Gasteiger partial charge in [0.25, 0.3) is 0 Å². The zero-order chi connectivity index (χ0) is 11.4. The third kappa shape index (κ3) is 2.53. The van der Waals surface area contributed by atoms with Crippen LogP contribution in [-0.2, 0) is 0 Å². The van der Waals surface area contributed by atoms with Crippen molar-refractivity contribution in [2.75, 3.05) is 18.0 Å². The fraction of sp³-hybridized carbons (Fsp3) is 0.615. The molecule has 1 aromatic heterocycles. The largest absolute Gasteiger partial charge is 0.365 e. The summed E-state index contributed by atoms with van der Waals surface area (Å²) in [4.78, 5) is 6.67. The number of nitrogens with zero attached hydrogens (tertiary/aromatic N) is 2. The molecule has 16 heavy (non-hydrogen) atoms. The molecule has 0 saturated carbocycles. The molecule has 2 unspecified atom stereocenters. The average molecular weight is 219 g/mol. The van der Waals surface area contributed by atoms with Gasteiger partial charge >= 0.3 is 0 Å². The molecule has 88 valence electrons. The van der Waals surface area contributed by atoms with Crippen LogP contribution < -0.4 is 10.2 Å². The normalized spacial score (nSPS) is 25.8. The maximum atomic E-state index is 4.20. The summed E-state index contributed by atoms with van der Waals surface area (Å²) < 4.78 is 0. The first kappa shape index (κ1) is 11.4. The minimum absolute atomic E-state index is 0.553. The molecular formula is C13H21N3. The summed E-state index contributed by atoms with van der Waals surface area (Å²) in [5, 5.41) is 3.61. The van der Waals surface area contributed by atoms with Crippen LogP contribution in [0.1, 0.15) is 26.7 Å². The summed E-state index contributed by atoms with van der Waals surface area (Å²) >= 11 is 0. The van der Waals surface area contributed by atoms with Crippen LogP contribution in [0.4, 0.5) is 5.69 Å². The Morgan fingerprint density at radius 1 is 1.56 bits per heavy atom. The Hall–Kier alpha value is -1.09. The SMILES string of the molecule is CCCC1CN(c2cccnc2)C(C)CN1. The standard InChI is InChI=1S/C13H21N3/c1-3-5-12-10-16(11(2)8-15-12)13-6-4-7-14-9-13/h4,6-7,9,11-12,15H,3,5,8,10H2,1-2H3. The van der Waals surface area contributed by atoms with Gasteiger partial charge in [0.15, 0.2) is 0 Å². The van der Waals surface area contributed by atoms with E-state index >= 15 is 0 Å². The summed E-state index contributed by atoms with van der Waals surface area (Å²) in [7, 11) is 0. The van der Waals surface area contributed by atoms with Crippen molar-refractivity contribution in [1.29, 1.82) is 0 Å². The lowest BCUT2D eigenvalue weighted by Crippen LogP contribution is -2.55. The molecule has 2 heterocycles. The first-order valence-electron chi connectivity index (χ1n) is 6.21. The second-order valence-electron chi connectivity index (χ2n) is 4.61. The van der Waals surface area contributed by atoms with Crippen LogP contribution in [-0.4, -0.2) is 30.2 Å². The first-order valence-corrected chi connectivity index (χ1v) is 6.21. The Morgan fingerprint density at radius 2 is 2.44 bits per heavy atom. The molecule has 0 aliphatic carbocycles. The molecule has 1 saturated heterocycles. The summed E-state index contributed by atoms with van der Waals surface area (Å²) in [6.45, 7) is 6.68. The fourth-order valence-electron chi connectivity index (χ4n) is 2.35. The van der Waals surface area contributed by atoms with E-state index in [0.29, 0.717) is 12.1 Å². The van der Waals surface area contributed by atoms with Crippen molar-refractivity contribution in [3.8, 4) is 0 Å². The lowest BCUT2D eigenvalue weighted by Gasteiger charge is -2.40. The monoisotopic (exact) mass is 219 g/mol. The van der Waals surface area contributed by atoms with Gasteiger partial charge in [-0.05, 0) is 25.5 Å². The lowest BCUT2D eigenvalue weighted by molar-refractivity contribution is 0.386. The van der Waals surface area contributed by atoms with E-state index in [9.17, 15) is 0 Å². The maximum absolute atomic E-state index is 4.20. The number of hydrogen-bond acceptors (Lipinski definition) is 3. The highest BCUT2D eigenvalue weighted by atomic mass is 15.2. The van der Waals surface area contributed by atoms with E-state index in [-0.39, 0.29) is 0 Å². The van der Waals surface area contributed by atoms with E-state index in [0.717, 1.165) is 13.1 Å². The van der Waals surface area contributed by atoms with Gasteiger partial charge in [0.05, 0.1) is 11.9 Å². The van der Waals surface area contributed by atoms with Gasteiger partial charge in [-0.15, -0.1) is 0 Å². The third-order valence-electron chi connectivity index (χ3n) is 3.27. The summed E-state index contributed by atoms with van der Waals surface area (Å²) in [6.07, 6.45) is 6.29. The van der Waals surface area contributed by atoms with Crippen molar-refractivity contribution in [1.82, 2.24) is 10.3 Å². The van der Waals surface area contributed by atoms with Crippen molar-refractivity contribution in [3.05, 3.63) is 24.5 Å². The molecular weight excluding hydrogens is 198 g/mol. The topological polar surface area (TPSA) is 28.2 Å². The van der Waals surface area contributed by atoms with Crippen molar-refractivity contribution >= 4 is 5.69 Å². The van der Waals surface area contributed by atoms with Crippen molar-refractivity contribution in [3.63, 3.8) is 0 Å². The summed E-state index contributed by atoms with van der Waals surface area (Å²) in [5.41, 5.74) is 1.25. The first-order chi connectivity index (χ1) is 7.81. The molecule has 0 bridgehead atoms. The number of rotatable bonds is 3. The van der Waals surface area contributed by atoms with Crippen molar-refractivity contribution < 1.29 is 0 Å². The Balaban J connectivity index is 2.07. The van der Waals surface area contributed by atoms with Gasteiger partial charge < -0.3 is 10.2 Å². The summed E-state index contributed by atoms with van der Waals surface area (Å²) in [5.74, 6) is 0. The Labute approximate surface area is 97.9 Å². The van der Waals surface area contributed by atoms with Crippen LogP contribution in [0.3, 0.4) is 0 Å². The predicted molar refractivity (Wildman–Crippen MR) is 67.7 cm³/mol. The van der Waals surface area contributed by atoms with E-state index in [1.807, 2.05) is 18.5 Å². The predicted octanol–water partition coefficient (Wildman–Crippen LogP) is 2.05. The van der Waals surface area contributed by atoms with Crippen LogP contribution in [0.5, 0.6) is 0 Å². The Morgan fingerprint density at radius 3 is 3.12 bits per heavy atom. The second-order valence-corrected chi connectivity index (χ2v) is 4.61. The molecule has 0 radical (unpaired) electrons. The molecule has 1 aromatic rings. The van der Waals surface area contributed by atoms with Crippen LogP contribution in [0.2, 0.25) is 0 Å². The molecule has 0 aromatic carbocycles. The molecule has 3 nitrogen and oxygen atoms in total. The van der Waals surface area contributed by atoms with Crippen LogP contribution in [0, 0.1) is 0 Å². The molecule has 2 atom stereocenters. The number of hydrogen-bond donors (Lipinski definition) is 1. The van der Waals surface area contributed by atoms with Gasteiger partial charge in [-0.1, -0.05) is 13.3 Å². The van der Waals surface area contributed by atoms with Gasteiger partial charge in [-0.2, -0.15) is 0 Å². The van der Waals surface area contributed by atoms with Gasteiger partial charge in [0.1, 0.15) is 0 Å². The molecule has 1 aliphatic heterocycles. The smallest absolute Gasteiger partial charge is 0.0556 e. The quantitative estimate of drug-likeness (QED) is 0.843. The Bertz CT molecular complexity index is 312. The van der Waals surface area contributed by atoms with Crippen molar-refractivity contribution in [2.45, 2.75) is 38.8 Å². The van der Waals surface area contributed by atoms with Gasteiger partial charge in [0.2, 0.25) is 0 Å². The van der Waals surface area contributed by atoms with E-state index in [2.05, 4.69) is 35.1 Å². The second kappa shape index (κ2) is 5.30. The molecule has 3 heteroatoms. The Kier molecular flexibility index (Phi) is 3.78. The van der Waals surface area contributed by atoms with E-state index < -0.39 is 0 Å². The number of nitrogens with one attached hydrogen (secondary N) is 1. The third-order valence-corrected chi connectivity index (χ3v) is 3.27. The van der Waals surface area contributed by atoms with Gasteiger partial charge in [-0.25, -0.2) is 0 Å². The number of aromatic nitrogens is 1. The molecule has 1 fully saturated rings. The van der Waals surface area contributed by atoms with Gasteiger partial charge in [-0.3, -0.25) is 4.98 Å². The lowest BCUT2D eigenvalue weighted by atomic mass is 10.1. The average Bonchev–Trinajstić information content (AvgIpc) is 2.33. The zero-order valence-electron chi connectivity index (χ0n) is 10.2. The molecule has 2 rings (SSSR count). The number of pyridine rings is 1. The number of anilines is 1. The summed E-state index contributed by atoms with van der Waals surface area (Å²) in [6, 6.07) is 5.34. The molecule has 1 N–H and O–H groups in total. The number of piperazine rings is 1. The minimum Gasteiger partial charge on any atom is -0.365 e. The molecule has 0 spiro atoms. The molecule has 0 amide bonds.